The van der Waals surface area contributed by atoms with Crippen molar-refractivity contribution < 1.29 is 4.21 Å². The van der Waals surface area contributed by atoms with Crippen LogP contribution in [0.1, 0.15) is 0 Å². The van der Waals surface area contributed by atoms with Crippen molar-refractivity contribution in [3.63, 3.8) is 0 Å². The summed E-state index contributed by atoms with van der Waals surface area (Å²) in [5.41, 5.74) is 0. The third kappa shape index (κ3) is 3.74. The molecule has 6 heteroatoms. The van der Waals surface area contributed by atoms with Gasteiger partial charge in [-0.3, -0.25) is 0 Å². The first kappa shape index (κ1) is 8.18. The van der Waals surface area contributed by atoms with Gasteiger partial charge in [-0.2, -0.15) is 0 Å². The molecular formula is CCl4OS. The Morgan fingerprint density at radius 2 is 1.43 bits per heavy atom. The largest absolute Gasteiger partial charge is 0.233 e. The van der Waals surface area contributed by atoms with Crippen LogP contribution in [0.4, 0.5) is 0 Å². The Morgan fingerprint density at radius 1 is 1.29 bits per heavy atom. The van der Waals surface area contributed by atoms with Gasteiger partial charge in [-0.25, -0.2) is 4.21 Å². The molecule has 0 aromatic carbocycles. The second-order valence-corrected chi connectivity index (χ2v) is 6.38. The zero-order valence-electron chi connectivity index (χ0n) is 2.83. The van der Waals surface area contributed by atoms with Crippen molar-refractivity contribution in [3.05, 3.63) is 0 Å². The Bertz CT molecular complexity index is 153. The quantitative estimate of drug-likeness (QED) is 0.434. The summed E-state index contributed by atoms with van der Waals surface area (Å²) >= 11 is 9.79. The molecule has 0 aliphatic rings. The minimum atomic E-state index is -3.10. The van der Waals surface area contributed by atoms with Crippen molar-refractivity contribution in [1.82, 2.24) is 0 Å². The van der Waals surface area contributed by atoms with Crippen molar-refractivity contribution in [3.8, 4) is 0 Å². The van der Waals surface area contributed by atoms with E-state index in [2.05, 4.69) is 0 Å². The molecule has 0 saturated carbocycles. The van der Waals surface area contributed by atoms with Gasteiger partial charge >= 0.3 is 0 Å². The van der Waals surface area contributed by atoms with Gasteiger partial charge in [0.05, 0.1) is 0 Å². The fourth-order valence-electron chi connectivity index (χ4n) is 0. The second-order valence-electron chi connectivity index (χ2n) is 0.648. The van der Waals surface area contributed by atoms with E-state index in [1.165, 1.54) is 0 Å². The topological polar surface area (TPSA) is 17.1 Å². The van der Waals surface area contributed by atoms with Crippen LogP contribution >= 0.6 is 44.6 Å². The van der Waals surface area contributed by atoms with Gasteiger partial charge in [0.25, 0.3) is 0 Å². The maximum Gasteiger partial charge on any atom is 0.188 e. The summed E-state index contributed by atoms with van der Waals surface area (Å²) in [5, 5.41) is 0. The molecule has 0 rings (SSSR count). The van der Waals surface area contributed by atoms with Crippen LogP contribution in [-0.2, 0) is 7.95 Å². The number of halogens is 4. The number of hydrogen-bond acceptors (Lipinski definition) is 1. The average molecular weight is 202 g/mol. The van der Waals surface area contributed by atoms with E-state index < -0.39 is 11.7 Å². The van der Waals surface area contributed by atoms with E-state index in [9.17, 15) is 4.21 Å². The molecule has 0 unspecified atom stereocenters. The van der Waals surface area contributed by atoms with Crippen molar-refractivity contribution in [2.75, 3.05) is 0 Å². The second kappa shape index (κ2) is 2.65. The monoisotopic (exact) mass is 200 g/mol. The van der Waals surface area contributed by atoms with E-state index in [-0.39, 0.29) is 0 Å². The van der Waals surface area contributed by atoms with E-state index in [1.807, 2.05) is 0 Å². The third-order valence-electron chi connectivity index (χ3n) is 0.180. The van der Waals surface area contributed by atoms with Crippen LogP contribution in [0.5, 0.6) is 0 Å². The summed E-state index contributed by atoms with van der Waals surface area (Å²) in [6.45, 7) is 0. The van der Waals surface area contributed by atoms with Crippen LogP contribution in [0.2, 0.25) is 0 Å². The van der Waals surface area contributed by atoms with Gasteiger partial charge in [-0.1, -0.05) is 23.2 Å². The Balaban J connectivity index is 4.67. The summed E-state index contributed by atoms with van der Waals surface area (Å²) in [6, 6.07) is 0. The molecule has 1 nitrogen and oxygen atoms in total. The maximum absolute atomic E-state index is 10.1. The summed E-state index contributed by atoms with van der Waals surface area (Å²) in [6.07, 6.45) is 0. The van der Waals surface area contributed by atoms with Crippen LogP contribution < -0.4 is 0 Å². The summed E-state index contributed by atoms with van der Waals surface area (Å²) in [5.74, 6) is 0. The third-order valence-corrected chi connectivity index (χ3v) is 3.72. The van der Waals surface area contributed by atoms with Crippen LogP contribution in [-0.4, -0.2) is 7.99 Å². The Morgan fingerprint density at radius 3 is 1.43 bits per heavy atom. The summed E-state index contributed by atoms with van der Waals surface area (Å²) in [4.78, 5) is 0. The predicted octanol–water partition coefficient (Wildman–Crippen LogP) is 2.14. The van der Waals surface area contributed by atoms with E-state index in [0.717, 1.165) is 0 Å². The van der Waals surface area contributed by atoms with E-state index in [4.69, 9.17) is 44.6 Å². The highest BCUT2D eigenvalue weighted by Gasteiger charge is 2.00. The molecule has 0 amide bonds. The molecule has 0 aromatic heterocycles. The van der Waals surface area contributed by atoms with E-state index in [1.54, 1.807) is 0 Å². The van der Waals surface area contributed by atoms with Gasteiger partial charge in [0.2, 0.25) is 0 Å². The van der Waals surface area contributed by atoms with Crippen LogP contribution in [0.3, 0.4) is 0 Å². The highest BCUT2D eigenvalue weighted by Crippen LogP contribution is 2.12. The molecule has 7 heavy (non-hydrogen) atoms. The lowest BCUT2D eigenvalue weighted by Gasteiger charge is -1.82. The minimum Gasteiger partial charge on any atom is -0.233 e. The normalized spacial score (nSPS) is 11.4. The Hall–Kier alpha value is 1.18. The lowest BCUT2D eigenvalue weighted by molar-refractivity contribution is 0.696. The molecule has 0 aliphatic carbocycles. The van der Waals surface area contributed by atoms with Gasteiger partial charge in [-0.05, 0) is 21.4 Å². The standard InChI is InChI=1S/CCl4OS/c2-1(3)7(4,5)6. The molecule has 0 aromatic rings. The van der Waals surface area contributed by atoms with E-state index >= 15 is 0 Å². The van der Waals surface area contributed by atoms with Crippen molar-refractivity contribution in [1.29, 1.82) is 0 Å². The number of hydrogen-bond donors (Lipinski definition) is 0. The van der Waals surface area contributed by atoms with E-state index in [0.29, 0.717) is 0 Å². The first-order valence-electron chi connectivity index (χ1n) is 1.06. The zero-order valence-corrected chi connectivity index (χ0v) is 6.67. The highest BCUT2D eigenvalue weighted by atomic mass is 36.0. The van der Waals surface area contributed by atoms with Gasteiger partial charge in [0.15, 0.2) is 11.7 Å². The van der Waals surface area contributed by atoms with Crippen molar-refractivity contribution in [2.24, 2.45) is 0 Å². The Labute approximate surface area is 60.5 Å². The highest BCUT2D eigenvalue weighted by molar-refractivity contribution is 8.41. The number of rotatable bonds is 0. The van der Waals surface area contributed by atoms with Crippen LogP contribution in [0.15, 0.2) is 0 Å². The fourth-order valence-corrected chi connectivity index (χ4v) is 0. The molecule has 0 N–H and O–H groups in total. The molecule has 0 atom stereocenters. The fraction of sp³-hybridized carbons (Fsp3) is 0. The smallest absolute Gasteiger partial charge is 0.188 e. The summed E-state index contributed by atoms with van der Waals surface area (Å²) < 4.78 is 9.61. The Kier molecular flexibility index (Phi) is 3.09. The SMILES string of the molecule is O=S(Cl)(Cl)=C(Cl)Cl. The van der Waals surface area contributed by atoms with Crippen molar-refractivity contribution >= 4 is 56.3 Å². The lowest BCUT2D eigenvalue weighted by Crippen LogP contribution is -1.81. The predicted molar refractivity (Wildman–Crippen MR) is 36.6 cm³/mol. The summed E-state index contributed by atoms with van der Waals surface area (Å²) in [7, 11) is 6.62. The zero-order chi connectivity index (χ0) is 6.08. The molecule has 0 aliphatic heterocycles. The van der Waals surface area contributed by atoms with Gasteiger partial charge in [0, 0.05) is 0 Å². The van der Waals surface area contributed by atoms with Gasteiger partial charge in [-0.15, -0.1) is 0 Å². The molecule has 0 fully saturated rings. The molecule has 0 heterocycles. The molecule has 0 bridgehead atoms. The van der Waals surface area contributed by atoms with Crippen molar-refractivity contribution in [2.45, 2.75) is 0 Å². The average Bonchev–Trinajstić information content (AvgIpc) is 1.31. The first-order valence-corrected chi connectivity index (χ1v) is 5.02. The minimum absolute atomic E-state index is 0.504. The molecule has 0 spiro atoms. The van der Waals surface area contributed by atoms with Gasteiger partial charge < -0.3 is 0 Å². The molecule has 44 valence electrons. The molecule has 0 radical (unpaired) electrons. The molecular weight excluding hydrogens is 202 g/mol. The molecule has 0 saturated heterocycles. The van der Waals surface area contributed by atoms with Crippen LogP contribution in [0.25, 0.3) is 0 Å². The maximum atomic E-state index is 10.1. The lowest BCUT2D eigenvalue weighted by atomic mass is 11.9. The van der Waals surface area contributed by atoms with Gasteiger partial charge in [0.1, 0.15) is 0 Å². The van der Waals surface area contributed by atoms with Crippen LogP contribution in [0, 0.1) is 0 Å². The first-order chi connectivity index (χ1) is 2.94.